The summed E-state index contributed by atoms with van der Waals surface area (Å²) in [6.45, 7) is 10.1. The van der Waals surface area contributed by atoms with Gasteiger partial charge in [-0.1, -0.05) is 38.0 Å². The zero-order valence-corrected chi connectivity index (χ0v) is 18.1. The lowest BCUT2D eigenvalue weighted by Gasteiger charge is -2.29. The molecule has 4 rings (SSSR count). The first-order chi connectivity index (χ1) is 13.9. The Morgan fingerprint density at radius 3 is 2.62 bits per heavy atom. The Hall–Kier alpha value is -2.56. The minimum absolute atomic E-state index is 0.00370. The zero-order chi connectivity index (χ0) is 20.9. The van der Waals surface area contributed by atoms with Crippen molar-refractivity contribution in [2.24, 2.45) is 0 Å². The van der Waals surface area contributed by atoms with Crippen molar-refractivity contribution in [2.45, 2.75) is 78.4 Å². The van der Waals surface area contributed by atoms with Crippen LogP contribution in [0, 0.1) is 6.92 Å². The number of H-pyrrole nitrogens is 1. The smallest absolute Gasteiger partial charge is 0.250 e. The number of carbonyl (C=O) groups is 2. The number of fused-ring (bicyclic) bond motifs is 1. The normalized spacial score (nSPS) is 21.5. The summed E-state index contributed by atoms with van der Waals surface area (Å²) in [6, 6.07) is 7.93. The van der Waals surface area contributed by atoms with Gasteiger partial charge in [-0.05, 0) is 56.9 Å². The van der Waals surface area contributed by atoms with Gasteiger partial charge in [0.1, 0.15) is 12.1 Å². The van der Waals surface area contributed by atoms with Crippen LogP contribution in [0.15, 0.2) is 24.3 Å². The van der Waals surface area contributed by atoms with Gasteiger partial charge in [-0.2, -0.15) is 0 Å². The van der Waals surface area contributed by atoms with Crippen LogP contribution >= 0.6 is 0 Å². The number of anilines is 1. The molecule has 0 aliphatic carbocycles. The topological polar surface area (TPSA) is 56.2 Å². The third-order valence-corrected chi connectivity index (χ3v) is 6.42. The molecule has 0 bridgehead atoms. The predicted octanol–water partition coefficient (Wildman–Crippen LogP) is 4.09. The molecular formula is C24H31N3O2. The molecule has 1 N–H and O–H groups in total. The van der Waals surface area contributed by atoms with E-state index < -0.39 is 6.04 Å². The highest BCUT2D eigenvalue weighted by atomic mass is 16.2. The first-order valence-corrected chi connectivity index (χ1v) is 10.8. The van der Waals surface area contributed by atoms with Crippen molar-refractivity contribution in [3.63, 3.8) is 0 Å². The highest BCUT2D eigenvalue weighted by Gasteiger charge is 2.50. The summed E-state index contributed by atoms with van der Waals surface area (Å²) in [7, 11) is 0. The second-order valence-corrected chi connectivity index (χ2v) is 8.49. The minimum atomic E-state index is -0.442. The van der Waals surface area contributed by atoms with Gasteiger partial charge in [-0.25, -0.2) is 0 Å². The number of amides is 2. The number of aromatic amines is 1. The van der Waals surface area contributed by atoms with Crippen LogP contribution in [0.3, 0.4) is 0 Å². The fourth-order valence-corrected chi connectivity index (χ4v) is 4.79. The Bertz CT molecular complexity index is 961. The number of benzene rings is 1. The van der Waals surface area contributed by atoms with Crippen molar-refractivity contribution in [2.75, 3.05) is 4.90 Å². The van der Waals surface area contributed by atoms with Gasteiger partial charge < -0.3 is 14.8 Å². The lowest BCUT2D eigenvalue weighted by atomic mass is 10.0. The van der Waals surface area contributed by atoms with E-state index in [0.29, 0.717) is 0 Å². The molecule has 154 valence electrons. The molecule has 1 fully saturated rings. The molecule has 1 aromatic heterocycles. The summed E-state index contributed by atoms with van der Waals surface area (Å²) in [5.41, 5.74) is 7.05. The molecule has 5 nitrogen and oxygen atoms in total. The summed E-state index contributed by atoms with van der Waals surface area (Å²) in [6.07, 6.45) is 3.83. The lowest BCUT2D eigenvalue weighted by Crippen LogP contribution is -2.43. The summed E-state index contributed by atoms with van der Waals surface area (Å²) < 4.78 is 0. The van der Waals surface area contributed by atoms with Crippen LogP contribution in [-0.4, -0.2) is 33.8 Å². The maximum atomic E-state index is 13.6. The largest absolute Gasteiger partial charge is 0.360 e. The fourth-order valence-electron chi connectivity index (χ4n) is 4.79. The summed E-state index contributed by atoms with van der Waals surface area (Å²) in [5, 5.41) is 0. The van der Waals surface area contributed by atoms with E-state index in [-0.39, 0.29) is 23.9 Å². The second kappa shape index (κ2) is 7.36. The highest BCUT2D eigenvalue weighted by Crippen LogP contribution is 2.43. The van der Waals surface area contributed by atoms with Crippen LogP contribution in [-0.2, 0) is 28.9 Å². The number of aromatic nitrogens is 1. The molecule has 2 aliphatic rings. The zero-order valence-electron chi connectivity index (χ0n) is 18.1. The number of aryl methyl sites for hydroxylation is 3. The van der Waals surface area contributed by atoms with Crippen LogP contribution in [0.1, 0.15) is 68.2 Å². The molecule has 3 atom stereocenters. The standard InChI is InChI=1S/C24H31N3O2/c1-6-8-19-12-17(7-2)22(25-19)21-13-18-11-14(3)9-10-20(18)27(21)24(29)16(5)26-15(4)23(26)28/h9-12,15-16,21,25H,6-8,13H2,1-5H3. The molecule has 29 heavy (non-hydrogen) atoms. The third-order valence-electron chi connectivity index (χ3n) is 6.42. The van der Waals surface area contributed by atoms with Gasteiger partial charge in [0, 0.05) is 23.5 Å². The molecule has 0 radical (unpaired) electrons. The Labute approximate surface area is 173 Å². The van der Waals surface area contributed by atoms with E-state index in [2.05, 4.69) is 50.0 Å². The van der Waals surface area contributed by atoms with Crippen molar-refractivity contribution in [3.05, 3.63) is 52.3 Å². The quantitative estimate of drug-likeness (QED) is 0.752. The number of rotatable bonds is 6. The molecule has 3 unspecified atom stereocenters. The highest BCUT2D eigenvalue weighted by molar-refractivity contribution is 6.06. The molecule has 3 heterocycles. The van der Waals surface area contributed by atoms with E-state index in [1.54, 1.807) is 4.90 Å². The SMILES string of the molecule is CCCc1cc(CC)c(C2Cc3cc(C)ccc3N2C(=O)C(C)N2C(=O)C2C)[nH]1. The van der Waals surface area contributed by atoms with Gasteiger partial charge in [0.05, 0.1) is 6.04 Å². The van der Waals surface area contributed by atoms with Gasteiger partial charge in [0.15, 0.2) is 0 Å². The maximum Gasteiger partial charge on any atom is 0.250 e. The number of hydrogen-bond acceptors (Lipinski definition) is 2. The Kier molecular flexibility index (Phi) is 5.01. The maximum absolute atomic E-state index is 13.6. The van der Waals surface area contributed by atoms with Crippen molar-refractivity contribution in [3.8, 4) is 0 Å². The van der Waals surface area contributed by atoms with E-state index in [0.717, 1.165) is 37.1 Å². The van der Waals surface area contributed by atoms with Crippen LogP contribution < -0.4 is 4.90 Å². The van der Waals surface area contributed by atoms with E-state index in [1.165, 1.54) is 22.4 Å². The van der Waals surface area contributed by atoms with E-state index in [4.69, 9.17) is 0 Å². The van der Waals surface area contributed by atoms with E-state index >= 15 is 0 Å². The number of nitrogens with zero attached hydrogens (tertiary/aromatic N) is 2. The lowest BCUT2D eigenvalue weighted by molar-refractivity contribution is -0.125. The Balaban J connectivity index is 1.75. The van der Waals surface area contributed by atoms with E-state index in [9.17, 15) is 9.59 Å². The molecule has 0 saturated carbocycles. The molecular weight excluding hydrogens is 362 g/mol. The average Bonchev–Trinajstić information content (AvgIpc) is 3.03. The molecule has 2 amide bonds. The van der Waals surface area contributed by atoms with Crippen molar-refractivity contribution < 1.29 is 9.59 Å². The van der Waals surface area contributed by atoms with Gasteiger partial charge >= 0.3 is 0 Å². The van der Waals surface area contributed by atoms with Gasteiger partial charge in [-0.15, -0.1) is 0 Å². The van der Waals surface area contributed by atoms with Crippen LogP contribution in [0.5, 0.6) is 0 Å². The minimum Gasteiger partial charge on any atom is -0.360 e. The molecule has 2 aromatic rings. The Morgan fingerprint density at radius 1 is 1.28 bits per heavy atom. The van der Waals surface area contributed by atoms with Crippen LogP contribution in [0.2, 0.25) is 0 Å². The predicted molar refractivity (Wildman–Crippen MR) is 115 cm³/mol. The molecule has 1 aromatic carbocycles. The van der Waals surface area contributed by atoms with Crippen molar-refractivity contribution in [1.82, 2.24) is 9.88 Å². The number of nitrogens with one attached hydrogen (secondary N) is 1. The van der Waals surface area contributed by atoms with Crippen molar-refractivity contribution in [1.29, 1.82) is 0 Å². The molecule has 2 aliphatic heterocycles. The number of carbonyl (C=O) groups excluding carboxylic acids is 2. The number of hydrogen-bond donors (Lipinski definition) is 1. The average molecular weight is 394 g/mol. The van der Waals surface area contributed by atoms with Crippen molar-refractivity contribution >= 4 is 17.5 Å². The van der Waals surface area contributed by atoms with Crippen LogP contribution in [0.4, 0.5) is 5.69 Å². The molecule has 5 heteroatoms. The molecule has 0 spiro atoms. The van der Waals surface area contributed by atoms with Crippen LogP contribution in [0.25, 0.3) is 0 Å². The first kappa shape index (κ1) is 19.7. The summed E-state index contributed by atoms with van der Waals surface area (Å²) in [5.74, 6) is 0.0640. The fraction of sp³-hybridized carbons (Fsp3) is 0.500. The van der Waals surface area contributed by atoms with Gasteiger partial charge in [0.2, 0.25) is 11.8 Å². The van der Waals surface area contributed by atoms with Gasteiger partial charge in [0.25, 0.3) is 0 Å². The summed E-state index contributed by atoms with van der Waals surface area (Å²) >= 11 is 0. The van der Waals surface area contributed by atoms with Gasteiger partial charge in [-0.3, -0.25) is 9.59 Å². The van der Waals surface area contributed by atoms with E-state index in [1.807, 2.05) is 18.7 Å². The molecule has 1 saturated heterocycles. The third kappa shape index (κ3) is 3.26. The second-order valence-electron chi connectivity index (χ2n) is 8.49. The Morgan fingerprint density at radius 2 is 2.00 bits per heavy atom. The first-order valence-electron chi connectivity index (χ1n) is 10.8. The summed E-state index contributed by atoms with van der Waals surface area (Å²) in [4.78, 5) is 32.8. The monoisotopic (exact) mass is 393 g/mol.